The Morgan fingerprint density at radius 3 is 2.48 bits per heavy atom. The molecular weight excluding hydrogens is 296 g/mol. The Balaban J connectivity index is 2.64. The van der Waals surface area contributed by atoms with Crippen molar-refractivity contribution in [1.29, 1.82) is 0 Å². The van der Waals surface area contributed by atoms with Gasteiger partial charge in [0, 0.05) is 5.56 Å². The van der Waals surface area contributed by atoms with Gasteiger partial charge in [-0.2, -0.15) is 0 Å². The van der Waals surface area contributed by atoms with Crippen LogP contribution in [0.1, 0.15) is 19.4 Å². The van der Waals surface area contributed by atoms with Gasteiger partial charge in [0.05, 0.1) is 13.7 Å². The Morgan fingerprint density at radius 2 is 1.90 bits per heavy atom. The average molecular weight is 310 g/mol. The summed E-state index contributed by atoms with van der Waals surface area (Å²) in [5.74, 6) is -2.20. The summed E-state index contributed by atoms with van der Waals surface area (Å²) in [6.45, 7) is 3.01. The maximum absolute atomic E-state index is 12.6. The number of hydrogen-bond acceptors (Lipinski definition) is 6. The normalized spacial score (nSPS) is 15.6. The highest BCUT2D eigenvalue weighted by molar-refractivity contribution is 7.97. The number of allylic oxidation sites excluding steroid dienone is 1. The molecular formula is C14H14O6S. The van der Waals surface area contributed by atoms with Gasteiger partial charge in [0.2, 0.25) is 9.84 Å². The van der Waals surface area contributed by atoms with Crippen molar-refractivity contribution in [3.8, 4) is 5.75 Å². The zero-order chi connectivity index (χ0) is 15.8. The van der Waals surface area contributed by atoms with Crippen LogP contribution >= 0.6 is 0 Å². The third-order valence-corrected chi connectivity index (χ3v) is 5.14. The molecule has 1 aromatic carbocycles. The fourth-order valence-electron chi connectivity index (χ4n) is 2.26. The lowest BCUT2D eigenvalue weighted by Gasteiger charge is -2.07. The second-order valence-electron chi connectivity index (χ2n) is 4.34. The van der Waals surface area contributed by atoms with Gasteiger partial charge in [-0.1, -0.05) is 12.1 Å². The predicted molar refractivity (Wildman–Crippen MR) is 74.4 cm³/mol. The molecule has 1 aliphatic rings. The summed E-state index contributed by atoms with van der Waals surface area (Å²) in [5, 5.41) is 0. The number of sulfone groups is 1. The Labute approximate surface area is 122 Å². The molecule has 0 spiro atoms. The van der Waals surface area contributed by atoms with Crippen molar-refractivity contribution in [3.05, 3.63) is 28.7 Å². The summed E-state index contributed by atoms with van der Waals surface area (Å²) in [5.41, 5.74) is 0.587. The molecule has 0 atom stereocenters. The van der Waals surface area contributed by atoms with Crippen LogP contribution in [0.2, 0.25) is 0 Å². The van der Waals surface area contributed by atoms with Gasteiger partial charge in [-0.25, -0.2) is 13.2 Å². The van der Waals surface area contributed by atoms with Crippen LogP contribution in [0.15, 0.2) is 28.0 Å². The first-order valence-corrected chi connectivity index (χ1v) is 7.69. The lowest BCUT2D eigenvalue weighted by atomic mass is 10.1. The number of benzene rings is 1. The number of esters is 1. The van der Waals surface area contributed by atoms with Crippen molar-refractivity contribution >= 4 is 27.2 Å². The van der Waals surface area contributed by atoms with Gasteiger partial charge in [-0.15, -0.1) is 0 Å². The zero-order valence-electron chi connectivity index (χ0n) is 11.8. The highest BCUT2D eigenvalue weighted by Crippen LogP contribution is 2.44. The van der Waals surface area contributed by atoms with Crippen LogP contribution in [0.3, 0.4) is 0 Å². The van der Waals surface area contributed by atoms with Gasteiger partial charge in [-0.05, 0) is 25.5 Å². The number of carbonyl (C=O) groups is 2. The van der Waals surface area contributed by atoms with E-state index >= 15 is 0 Å². The minimum atomic E-state index is -4.10. The van der Waals surface area contributed by atoms with Crippen molar-refractivity contribution in [1.82, 2.24) is 0 Å². The molecule has 7 heteroatoms. The van der Waals surface area contributed by atoms with Crippen molar-refractivity contribution in [2.75, 3.05) is 13.7 Å². The third-order valence-electron chi connectivity index (χ3n) is 3.15. The summed E-state index contributed by atoms with van der Waals surface area (Å²) in [7, 11) is -2.76. The smallest absolute Gasteiger partial charge is 0.380 e. The average Bonchev–Trinajstić information content (AvgIpc) is 2.66. The number of ether oxygens (including phenoxy) is 2. The number of methoxy groups -OCH3 is 1. The van der Waals surface area contributed by atoms with Gasteiger partial charge < -0.3 is 9.47 Å². The van der Waals surface area contributed by atoms with Crippen LogP contribution in [-0.2, 0) is 24.2 Å². The van der Waals surface area contributed by atoms with E-state index in [0.717, 1.165) is 0 Å². The Hall–Kier alpha value is -2.15. The molecule has 0 radical (unpaired) electrons. The van der Waals surface area contributed by atoms with Crippen LogP contribution in [-0.4, -0.2) is 33.9 Å². The largest absolute Gasteiger partial charge is 0.495 e. The fourth-order valence-corrected chi connectivity index (χ4v) is 4.23. The molecule has 0 aliphatic carbocycles. The molecule has 0 fully saturated rings. The van der Waals surface area contributed by atoms with E-state index in [0.29, 0.717) is 5.56 Å². The zero-order valence-corrected chi connectivity index (χ0v) is 12.6. The highest BCUT2D eigenvalue weighted by Gasteiger charge is 2.42. The maximum atomic E-state index is 12.6. The maximum Gasteiger partial charge on any atom is 0.380 e. The lowest BCUT2D eigenvalue weighted by molar-refractivity contribution is -0.151. The number of Topliss-reactive ketones (excluding diaryl/α,β-unsaturated/α-hetero) is 1. The molecule has 6 nitrogen and oxygen atoms in total. The number of ketones is 1. The summed E-state index contributed by atoms with van der Waals surface area (Å²) in [6, 6.07) is 4.67. The monoisotopic (exact) mass is 310 g/mol. The molecule has 0 saturated carbocycles. The number of fused-ring (bicyclic) bond motifs is 1. The van der Waals surface area contributed by atoms with Gasteiger partial charge in [0.15, 0.2) is 0 Å². The van der Waals surface area contributed by atoms with E-state index < -0.39 is 26.5 Å². The van der Waals surface area contributed by atoms with Gasteiger partial charge in [-0.3, -0.25) is 4.79 Å². The van der Waals surface area contributed by atoms with Gasteiger partial charge in [0.25, 0.3) is 5.78 Å². The van der Waals surface area contributed by atoms with E-state index in [1.165, 1.54) is 27.0 Å². The molecule has 0 bridgehead atoms. The summed E-state index contributed by atoms with van der Waals surface area (Å²) < 4.78 is 34.8. The first-order chi connectivity index (χ1) is 9.86. The van der Waals surface area contributed by atoms with Crippen LogP contribution in [0, 0.1) is 0 Å². The Kier molecular flexibility index (Phi) is 3.87. The van der Waals surface area contributed by atoms with Crippen molar-refractivity contribution in [2.45, 2.75) is 18.7 Å². The number of rotatable bonds is 4. The number of hydrogen-bond donors (Lipinski definition) is 0. The molecule has 1 heterocycles. The van der Waals surface area contributed by atoms with Crippen molar-refractivity contribution in [2.24, 2.45) is 0 Å². The first kappa shape index (κ1) is 15.2. The van der Waals surface area contributed by atoms with Gasteiger partial charge in [0.1, 0.15) is 15.6 Å². The molecule has 2 rings (SSSR count). The van der Waals surface area contributed by atoms with E-state index in [2.05, 4.69) is 4.74 Å². The molecule has 1 aliphatic heterocycles. The molecule has 0 unspecified atom stereocenters. The third kappa shape index (κ3) is 2.23. The van der Waals surface area contributed by atoms with Crippen LogP contribution in [0.4, 0.5) is 0 Å². The van der Waals surface area contributed by atoms with E-state index in [1.54, 1.807) is 12.1 Å². The molecule has 112 valence electrons. The molecule has 0 saturated heterocycles. The highest BCUT2D eigenvalue weighted by atomic mass is 32.2. The van der Waals surface area contributed by atoms with Crippen LogP contribution < -0.4 is 4.74 Å². The molecule has 0 amide bonds. The molecule has 0 N–H and O–H groups in total. The summed E-state index contributed by atoms with van der Waals surface area (Å²) in [4.78, 5) is 23.0. The standard InChI is InChI=1S/C14H14O6S/c1-4-20-14(16)11(15)12-8(2)9-6-5-7-10(19-3)13(9)21(12,17)18/h5-7H,4H2,1-3H3. The SMILES string of the molecule is CCOC(=O)C(=O)C1=C(C)c2cccc(OC)c2S1(=O)=O. The van der Waals surface area contributed by atoms with Crippen molar-refractivity contribution in [3.63, 3.8) is 0 Å². The van der Waals surface area contributed by atoms with E-state index in [9.17, 15) is 18.0 Å². The quantitative estimate of drug-likeness (QED) is 0.616. The Bertz CT molecular complexity index is 758. The lowest BCUT2D eigenvalue weighted by Crippen LogP contribution is -2.23. The first-order valence-electron chi connectivity index (χ1n) is 6.21. The summed E-state index contributed by atoms with van der Waals surface area (Å²) in [6.07, 6.45) is 0. The Morgan fingerprint density at radius 1 is 1.24 bits per heavy atom. The molecule has 1 aromatic rings. The predicted octanol–water partition coefficient (Wildman–Crippen LogP) is 1.35. The molecule has 21 heavy (non-hydrogen) atoms. The van der Waals surface area contributed by atoms with E-state index in [-0.39, 0.29) is 22.8 Å². The van der Waals surface area contributed by atoms with E-state index in [4.69, 9.17) is 4.74 Å². The molecule has 0 aromatic heterocycles. The van der Waals surface area contributed by atoms with Gasteiger partial charge >= 0.3 is 5.97 Å². The topological polar surface area (TPSA) is 86.7 Å². The fraction of sp³-hybridized carbons (Fsp3) is 0.286. The second-order valence-corrected chi connectivity index (χ2v) is 6.17. The van der Waals surface area contributed by atoms with Crippen LogP contribution in [0.25, 0.3) is 5.57 Å². The number of carbonyl (C=O) groups excluding carboxylic acids is 2. The van der Waals surface area contributed by atoms with Crippen LogP contribution in [0.5, 0.6) is 5.75 Å². The van der Waals surface area contributed by atoms with E-state index in [1.807, 2.05) is 0 Å². The second kappa shape index (κ2) is 5.33. The van der Waals surface area contributed by atoms with Crippen molar-refractivity contribution < 1.29 is 27.5 Å². The minimum absolute atomic E-state index is 0.00673. The minimum Gasteiger partial charge on any atom is -0.495 e. The summed E-state index contributed by atoms with van der Waals surface area (Å²) >= 11 is 0.